The third-order valence-corrected chi connectivity index (χ3v) is 8.51. The molecule has 1 saturated heterocycles. The Morgan fingerprint density at radius 1 is 0.979 bits per heavy atom. The molecule has 1 fully saturated rings. The van der Waals surface area contributed by atoms with Gasteiger partial charge in [0.2, 0.25) is 0 Å². The number of aliphatic hydroxyl groups excluding tert-OH is 1. The molecule has 3 N–H and O–H groups in total. The number of fused-ring (bicyclic) bond motifs is 1. The summed E-state index contributed by atoms with van der Waals surface area (Å²) in [5.74, 6) is 7.29. The van der Waals surface area contributed by atoms with Crippen LogP contribution in [0.2, 0.25) is 0 Å². The van der Waals surface area contributed by atoms with Crippen LogP contribution in [0.25, 0.3) is 10.9 Å². The van der Waals surface area contributed by atoms with Crippen LogP contribution in [0.4, 0.5) is 5.69 Å². The van der Waals surface area contributed by atoms with E-state index in [0.29, 0.717) is 22.2 Å². The highest BCUT2D eigenvalue weighted by Gasteiger charge is 2.53. The SMILES string of the molecule is COc1ccc(COC(c2ccccc2)(c2ccc(OC)cc2)C2OC(n3cc(C#CCN)c4cc([N+](=O)[O-])ccc43)CC2O)cc1. The minimum atomic E-state index is -1.26. The van der Waals surface area contributed by atoms with Crippen LogP contribution in [0.5, 0.6) is 11.5 Å². The average Bonchev–Trinajstić information content (AvgIpc) is 3.68. The highest BCUT2D eigenvalue weighted by molar-refractivity contribution is 5.89. The zero-order valence-corrected chi connectivity index (χ0v) is 26.0. The van der Waals surface area contributed by atoms with Crippen LogP contribution in [0, 0.1) is 22.0 Å². The molecule has 47 heavy (non-hydrogen) atoms. The standard InChI is InChI=1S/C37H35N3O7/c1-44-30-15-10-25(11-16-30)24-46-37(27-8-4-3-5-9-27,28-12-17-31(45-2)18-13-28)36-34(41)22-35(47-36)39-23-26(7-6-20-38)32-21-29(40(42)43)14-19-33(32)39/h3-5,8-19,21,23,34-36,41H,20,22,24,38H2,1-2H3. The fraction of sp³-hybridized carbons (Fsp3) is 0.243. The highest BCUT2D eigenvalue weighted by atomic mass is 16.6. The molecule has 2 heterocycles. The fourth-order valence-electron chi connectivity index (χ4n) is 6.22. The van der Waals surface area contributed by atoms with Gasteiger partial charge in [-0.3, -0.25) is 10.1 Å². The van der Waals surface area contributed by atoms with Crippen LogP contribution in [-0.2, 0) is 21.7 Å². The second-order valence-electron chi connectivity index (χ2n) is 11.2. The van der Waals surface area contributed by atoms with Crippen LogP contribution in [0.15, 0.2) is 103 Å². The van der Waals surface area contributed by atoms with Crippen molar-refractivity contribution in [1.82, 2.24) is 4.57 Å². The zero-order chi connectivity index (χ0) is 33.0. The number of nitrogens with two attached hydrogens (primary N) is 1. The summed E-state index contributed by atoms with van der Waals surface area (Å²) in [4.78, 5) is 11.2. The van der Waals surface area contributed by atoms with Crippen molar-refractivity contribution >= 4 is 16.6 Å². The number of ether oxygens (including phenoxy) is 4. The van der Waals surface area contributed by atoms with Gasteiger partial charge in [-0.25, -0.2) is 0 Å². The topological polar surface area (TPSA) is 131 Å². The summed E-state index contributed by atoms with van der Waals surface area (Å²) in [5, 5.41) is 24.1. The summed E-state index contributed by atoms with van der Waals surface area (Å²) in [6, 6.07) is 29.5. The summed E-state index contributed by atoms with van der Waals surface area (Å²) in [5.41, 5.74) is 8.08. The quantitative estimate of drug-likeness (QED) is 0.114. The van der Waals surface area contributed by atoms with Crippen molar-refractivity contribution in [3.63, 3.8) is 0 Å². The van der Waals surface area contributed by atoms with Crippen LogP contribution in [0.1, 0.15) is 34.9 Å². The summed E-state index contributed by atoms with van der Waals surface area (Å²) >= 11 is 0. The molecule has 1 aliphatic rings. The number of aliphatic hydroxyl groups is 1. The Balaban J connectivity index is 1.47. The Morgan fingerprint density at radius 2 is 1.64 bits per heavy atom. The molecule has 4 atom stereocenters. The second kappa shape index (κ2) is 13.7. The Hall–Kier alpha value is -5.18. The Bertz CT molecular complexity index is 1910. The van der Waals surface area contributed by atoms with Crippen molar-refractivity contribution in [3.05, 3.63) is 136 Å². The van der Waals surface area contributed by atoms with E-state index in [9.17, 15) is 15.2 Å². The number of nitro groups is 1. The van der Waals surface area contributed by atoms with Gasteiger partial charge in [0.25, 0.3) is 5.69 Å². The molecule has 10 heteroatoms. The summed E-state index contributed by atoms with van der Waals surface area (Å²) in [7, 11) is 3.23. The Labute approximate surface area is 272 Å². The first-order chi connectivity index (χ1) is 22.9. The largest absolute Gasteiger partial charge is 0.497 e. The molecule has 1 aliphatic heterocycles. The van der Waals surface area contributed by atoms with Gasteiger partial charge >= 0.3 is 0 Å². The number of benzene rings is 4. The van der Waals surface area contributed by atoms with Crippen molar-refractivity contribution in [3.8, 4) is 23.3 Å². The van der Waals surface area contributed by atoms with E-state index in [1.807, 2.05) is 83.4 Å². The lowest BCUT2D eigenvalue weighted by Crippen LogP contribution is -2.48. The number of hydrogen-bond donors (Lipinski definition) is 2. The van der Waals surface area contributed by atoms with Gasteiger partial charge in [-0.2, -0.15) is 0 Å². The van der Waals surface area contributed by atoms with Crippen molar-refractivity contribution in [2.75, 3.05) is 20.8 Å². The van der Waals surface area contributed by atoms with Gasteiger partial charge in [0, 0.05) is 30.1 Å². The first-order valence-electron chi connectivity index (χ1n) is 15.2. The summed E-state index contributed by atoms with van der Waals surface area (Å²) in [6.45, 7) is 0.340. The average molecular weight is 634 g/mol. The zero-order valence-electron chi connectivity index (χ0n) is 26.0. The number of nitrogens with zero attached hydrogens (tertiary/aromatic N) is 2. The fourth-order valence-corrected chi connectivity index (χ4v) is 6.22. The molecule has 0 aliphatic carbocycles. The second-order valence-corrected chi connectivity index (χ2v) is 11.2. The smallest absolute Gasteiger partial charge is 0.270 e. The lowest BCUT2D eigenvalue weighted by molar-refractivity contribution is -0.384. The van der Waals surface area contributed by atoms with Gasteiger partial charge in [-0.1, -0.05) is 66.4 Å². The van der Waals surface area contributed by atoms with Gasteiger partial charge in [-0.15, -0.1) is 0 Å². The third-order valence-electron chi connectivity index (χ3n) is 8.51. The normalized spacial score (nSPS) is 18.7. The highest BCUT2D eigenvalue weighted by Crippen LogP contribution is 2.47. The Morgan fingerprint density at radius 3 is 2.28 bits per heavy atom. The molecule has 1 aromatic heterocycles. The number of aromatic nitrogens is 1. The molecule has 240 valence electrons. The van der Waals surface area contributed by atoms with E-state index >= 15 is 0 Å². The van der Waals surface area contributed by atoms with Crippen LogP contribution < -0.4 is 15.2 Å². The van der Waals surface area contributed by atoms with E-state index in [2.05, 4.69) is 11.8 Å². The maximum Gasteiger partial charge on any atom is 0.270 e. The lowest BCUT2D eigenvalue weighted by Gasteiger charge is -2.41. The summed E-state index contributed by atoms with van der Waals surface area (Å²) < 4.78 is 26.5. The monoisotopic (exact) mass is 633 g/mol. The van der Waals surface area contributed by atoms with Crippen molar-refractivity contribution in [2.45, 2.75) is 37.1 Å². The third kappa shape index (κ3) is 6.17. The number of methoxy groups -OCH3 is 2. The molecule has 4 aromatic carbocycles. The lowest BCUT2D eigenvalue weighted by atomic mass is 9.79. The van der Waals surface area contributed by atoms with Crippen molar-refractivity contribution in [1.29, 1.82) is 0 Å². The molecule has 5 aromatic rings. The maximum absolute atomic E-state index is 11.9. The number of nitro benzene ring substituents is 1. The van der Waals surface area contributed by atoms with E-state index in [-0.39, 0.29) is 25.3 Å². The predicted octanol–water partition coefficient (Wildman–Crippen LogP) is 5.69. The minimum Gasteiger partial charge on any atom is -0.497 e. The minimum absolute atomic E-state index is 0.0502. The van der Waals surface area contributed by atoms with Crippen LogP contribution in [-0.4, -0.2) is 47.6 Å². The molecule has 0 spiro atoms. The molecule has 6 rings (SSSR count). The number of non-ortho nitro benzene ring substituents is 1. The Kier molecular flexibility index (Phi) is 9.24. The van der Waals surface area contributed by atoms with Gasteiger partial charge in [0.1, 0.15) is 29.4 Å². The van der Waals surface area contributed by atoms with Crippen molar-refractivity contribution in [2.24, 2.45) is 5.73 Å². The van der Waals surface area contributed by atoms with Gasteiger partial charge in [-0.05, 0) is 47.0 Å². The van der Waals surface area contributed by atoms with E-state index in [4.69, 9.17) is 24.7 Å². The first-order valence-corrected chi connectivity index (χ1v) is 15.2. The predicted molar refractivity (Wildman–Crippen MR) is 177 cm³/mol. The molecule has 0 bridgehead atoms. The van der Waals surface area contributed by atoms with E-state index in [1.165, 1.54) is 12.1 Å². The van der Waals surface area contributed by atoms with Crippen molar-refractivity contribution < 1.29 is 29.0 Å². The van der Waals surface area contributed by atoms with Crippen LogP contribution in [0.3, 0.4) is 0 Å². The van der Waals surface area contributed by atoms with E-state index < -0.39 is 29.0 Å². The maximum atomic E-state index is 11.9. The molecule has 0 saturated carbocycles. The summed E-state index contributed by atoms with van der Waals surface area (Å²) in [6.07, 6.45) is -0.445. The molecule has 4 unspecified atom stereocenters. The molecular formula is C37H35N3O7. The van der Waals surface area contributed by atoms with Gasteiger partial charge < -0.3 is 34.4 Å². The van der Waals surface area contributed by atoms with Crippen LogP contribution >= 0.6 is 0 Å². The number of rotatable bonds is 10. The molecule has 0 amide bonds. The molecular weight excluding hydrogens is 598 g/mol. The van der Waals surface area contributed by atoms with Gasteiger partial charge in [0.05, 0.1) is 49.5 Å². The van der Waals surface area contributed by atoms with Gasteiger partial charge in [0.15, 0.2) is 0 Å². The van der Waals surface area contributed by atoms with E-state index in [0.717, 1.165) is 22.4 Å². The molecule has 10 nitrogen and oxygen atoms in total. The number of hydrogen-bond acceptors (Lipinski definition) is 8. The first kappa shape index (κ1) is 31.8. The molecule has 0 radical (unpaired) electrons. The van der Waals surface area contributed by atoms with E-state index in [1.54, 1.807) is 26.5 Å².